The van der Waals surface area contributed by atoms with Gasteiger partial charge in [-0.3, -0.25) is 0 Å². The van der Waals surface area contributed by atoms with Crippen LogP contribution in [-0.2, 0) is 14.2 Å². The molecule has 0 aromatic heterocycles. The molecule has 0 spiro atoms. The van der Waals surface area contributed by atoms with Crippen LogP contribution >= 0.6 is 0 Å². The molecule has 1 fully saturated rings. The third kappa shape index (κ3) is 5.53. The molecular formula is C21H32O5. The van der Waals surface area contributed by atoms with E-state index in [-0.39, 0.29) is 30.5 Å². The fourth-order valence-corrected chi connectivity index (χ4v) is 3.38. The number of carbonyl (C=O) groups is 1. The molecule has 1 heterocycles. The fourth-order valence-electron chi connectivity index (χ4n) is 3.38. The molecule has 1 N–H and O–H groups in total. The Morgan fingerprint density at radius 3 is 2.50 bits per heavy atom. The smallest absolute Gasteiger partial charge is 0.338 e. The van der Waals surface area contributed by atoms with Gasteiger partial charge in [-0.05, 0) is 43.7 Å². The highest BCUT2D eigenvalue weighted by Crippen LogP contribution is 2.35. The lowest BCUT2D eigenvalue weighted by molar-refractivity contribution is -0.269. The predicted octanol–water partition coefficient (Wildman–Crippen LogP) is 3.80. The second-order valence-electron chi connectivity index (χ2n) is 7.06. The number of hydrogen-bond donors (Lipinski definition) is 1. The molecule has 0 aliphatic carbocycles. The standard InChI is InChI=1S/C21H32O5/c1-4-18-15(2)16(3)19(21(25-18)24-14-10-6-9-13-22)26-20(23)17-11-7-5-8-12-17/h5,7-8,11-12,15-16,18-19,21-22H,4,6,9-10,13-14H2,1-3H3. The van der Waals surface area contributed by atoms with Crippen LogP contribution < -0.4 is 0 Å². The Bertz CT molecular complexity index is 532. The highest BCUT2D eigenvalue weighted by Gasteiger charge is 2.43. The van der Waals surface area contributed by atoms with Gasteiger partial charge in [-0.15, -0.1) is 0 Å². The summed E-state index contributed by atoms with van der Waals surface area (Å²) in [6, 6.07) is 9.01. The Hall–Kier alpha value is -1.43. The Kier molecular flexibility index (Phi) is 8.55. The summed E-state index contributed by atoms with van der Waals surface area (Å²) >= 11 is 0. The van der Waals surface area contributed by atoms with Gasteiger partial charge in [0, 0.05) is 19.1 Å². The van der Waals surface area contributed by atoms with E-state index in [0.717, 1.165) is 25.7 Å². The largest absolute Gasteiger partial charge is 0.453 e. The van der Waals surface area contributed by atoms with Gasteiger partial charge in [0.15, 0.2) is 12.4 Å². The first-order valence-electron chi connectivity index (χ1n) is 9.72. The number of benzene rings is 1. The van der Waals surface area contributed by atoms with E-state index in [1.54, 1.807) is 12.1 Å². The maximum Gasteiger partial charge on any atom is 0.338 e. The zero-order chi connectivity index (χ0) is 18.9. The Morgan fingerprint density at radius 2 is 1.85 bits per heavy atom. The van der Waals surface area contributed by atoms with E-state index < -0.39 is 12.4 Å². The van der Waals surface area contributed by atoms with E-state index in [0.29, 0.717) is 12.2 Å². The van der Waals surface area contributed by atoms with E-state index in [1.807, 2.05) is 18.2 Å². The van der Waals surface area contributed by atoms with Crippen molar-refractivity contribution in [1.82, 2.24) is 0 Å². The normalized spacial score (nSPS) is 28.7. The third-order valence-electron chi connectivity index (χ3n) is 5.25. The van der Waals surface area contributed by atoms with Crippen LogP contribution in [0.3, 0.4) is 0 Å². The van der Waals surface area contributed by atoms with Gasteiger partial charge in [-0.1, -0.05) is 39.0 Å². The molecule has 1 aromatic carbocycles. The predicted molar refractivity (Wildman–Crippen MR) is 99.8 cm³/mol. The highest BCUT2D eigenvalue weighted by molar-refractivity contribution is 5.89. The van der Waals surface area contributed by atoms with E-state index in [9.17, 15) is 4.79 Å². The van der Waals surface area contributed by atoms with Gasteiger partial charge in [0.1, 0.15) is 0 Å². The molecule has 2 rings (SSSR count). The van der Waals surface area contributed by atoms with Gasteiger partial charge >= 0.3 is 5.97 Å². The average Bonchev–Trinajstić information content (AvgIpc) is 2.67. The van der Waals surface area contributed by atoms with Crippen LogP contribution in [0.15, 0.2) is 30.3 Å². The first kappa shape index (κ1) is 20.9. The maximum absolute atomic E-state index is 12.5. The summed E-state index contributed by atoms with van der Waals surface area (Å²) in [7, 11) is 0. The molecule has 0 saturated carbocycles. The molecule has 26 heavy (non-hydrogen) atoms. The number of aliphatic hydroxyl groups excluding tert-OH is 1. The zero-order valence-electron chi connectivity index (χ0n) is 16.1. The van der Waals surface area contributed by atoms with Crippen LogP contribution in [0.5, 0.6) is 0 Å². The summed E-state index contributed by atoms with van der Waals surface area (Å²) in [5, 5.41) is 8.87. The van der Waals surface area contributed by atoms with Crippen molar-refractivity contribution in [3.05, 3.63) is 35.9 Å². The number of rotatable bonds is 9. The van der Waals surface area contributed by atoms with E-state index >= 15 is 0 Å². The van der Waals surface area contributed by atoms with Gasteiger partial charge in [0.2, 0.25) is 0 Å². The Morgan fingerprint density at radius 1 is 1.12 bits per heavy atom. The number of hydrogen-bond acceptors (Lipinski definition) is 5. The first-order valence-corrected chi connectivity index (χ1v) is 9.72. The van der Waals surface area contributed by atoms with Crippen LogP contribution in [0.25, 0.3) is 0 Å². The van der Waals surface area contributed by atoms with Crippen molar-refractivity contribution < 1.29 is 24.1 Å². The van der Waals surface area contributed by atoms with Crippen molar-refractivity contribution in [2.24, 2.45) is 11.8 Å². The number of unbranched alkanes of at least 4 members (excludes halogenated alkanes) is 2. The maximum atomic E-state index is 12.5. The summed E-state index contributed by atoms with van der Waals surface area (Å²) < 4.78 is 17.9. The molecular weight excluding hydrogens is 332 g/mol. The van der Waals surface area contributed by atoms with Gasteiger partial charge in [-0.2, -0.15) is 0 Å². The van der Waals surface area contributed by atoms with E-state index in [1.165, 1.54) is 0 Å². The summed E-state index contributed by atoms with van der Waals surface area (Å²) in [4.78, 5) is 12.5. The Labute approximate surface area is 156 Å². The molecule has 0 amide bonds. The number of aliphatic hydroxyl groups is 1. The number of esters is 1. The van der Waals surface area contributed by atoms with Crippen molar-refractivity contribution in [1.29, 1.82) is 0 Å². The SMILES string of the molecule is CCC1OC(OCCCCCO)C(OC(=O)c2ccccc2)C(C)C1C. The molecule has 1 aliphatic heterocycles. The minimum atomic E-state index is -0.548. The molecule has 0 bridgehead atoms. The average molecular weight is 364 g/mol. The van der Waals surface area contributed by atoms with Crippen LogP contribution in [0.4, 0.5) is 0 Å². The van der Waals surface area contributed by atoms with Crippen molar-refractivity contribution in [2.45, 2.75) is 65.0 Å². The zero-order valence-corrected chi connectivity index (χ0v) is 16.1. The highest BCUT2D eigenvalue weighted by atomic mass is 16.7. The lowest BCUT2D eigenvalue weighted by Gasteiger charge is -2.43. The molecule has 5 nitrogen and oxygen atoms in total. The molecule has 146 valence electrons. The molecule has 1 saturated heterocycles. The second kappa shape index (κ2) is 10.7. The lowest BCUT2D eigenvalue weighted by atomic mass is 9.82. The fraction of sp³-hybridized carbons (Fsp3) is 0.667. The van der Waals surface area contributed by atoms with Crippen LogP contribution in [0.2, 0.25) is 0 Å². The molecule has 5 unspecified atom stereocenters. The van der Waals surface area contributed by atoms with E-state index in [2.05, 4.69) is 20.8 Å². The topological polar surface area (TPSA) is 65.0 Å². The molecule has 1 aromatic rings. The number of carbonyl (C=O) groups excluding carboxylic acids is 1. The van der Waals surface area contributed by atoms with Crippen molar-refractivity contribution >= 4 is 5.97 Å². The van der Waals surface area contributed by atoms with Gasteiger partial charge < -0.3 is 19.3 Å². The third-order valence-corrected chi connectivity index (χ3v) is 5.25. The molecule has 1 aliphatic rings. The molecule has 0 radical (unpaired) electrons. The lowest BCUT2D eigenvalue weighted by Crippen LogP contribution is -2.52. The van der Waals surface area contributed by atoms with Gasteiger partial charge in [0.05, 0.1) is 11.7 Å². The minimum Gasteiger partial charge on any atom is -0.453 e. The monoisotopic (exact) mass is 364 g/mol. The van der Waals surface area contributed by atoms with Gasteiger partial charge in [0.25, 0.3) is 0 Å². The summed E-state index contributed by atoms with van der Waals surface area (Å²) in [5.41, 5.74) is 0.534. The molecule has 5 atom stereocenters. The van der Waals surface area contributed by atoms with Crippen LogP contribution in [0, 0.1) is 11.8 Å². The molecule has 5 heteroatoms. The Balaban J connectivity index is 2.03. The summed E-state index contributed by atoms with van der Waals surface area (Å²) in [6.07, 6.45) is 2.54. The second-order valence-corrected chi connectivity index (χ2v) is 7.06. The van der Waals surface area contributed by atoms with Crippen LogP contribution in [-0.4, -0.2) is 42.8 Å². The quantitative estimate of drug-likeness (QED) is 0.533. The van der Waals surface area contributed by atoms with Crippen molar-refractivity contribution in [2.75, 3.05) is 13.2 Å². The van der Waals surface area contributed by atoms with E-state index in [4.69, 9.17) is 19.3 Å². The van der Waals surface area contributed by atoms with Crippen LogP contribution in [0.1, 0.15) is 56.8 Å². The van der Waals surface area contributed by atoms with Crippen molar-refractivity contribution in [3.8, 4) is 0 Å². The summed E-state index contributed by atoms with van der Waals surface area (Å²) in [5.74, 6) is 0.0775. The van der Waals surface area contributed by atoms with Gasteiger partial charge in [-0.25, -0.2) is 4.79 Å². The summed E-state index contributed by atoms with van der Waals surface area (Å²) in [6.45, 7) is 7.06. The number of ether oxygens (including phenoxy) is 3. The minimum absolute atomic E-state index is 0.0964. The van der Waals surface area contributed by atoms with Crippen molar-refractivity contribution in [3.63, 3.8) is 0 Å². The first-order chi connectivity index (χ1) is 12.6.